The van der Waals surface area contributed by atoms with Crippen LogP contribution in [0.2, 0.25) is 0 Å². The van der Waals surface area contributed by atoms with E-state index in [0.29, 0.717) is 0 Å². The van der Waals surface area contributed by atoms with Crippen molar-refractivity contribution in [2.75, 3.05) is 0 Å². The molecule has 0 heterocycles. The van der Waals surface area contributed by atoms with Crippen molar-refractivity contribution < 1.29 is 32.7 Å². The van der Waals surface area contributed by atoms with Gasteiger partial charge in [-0.05, 0) is 0 Å². The summed E-state index contributed by atoms with van der Waals surface area (Å²) in [4.78, 5) is 0. The molecule has 0 aromatic rings. The van der Waals surface area contributed by atoms with E-state index in [-0.39, 0.29) is 32.7 Å². The van der Waals surface area contributed by atoms with Gasteiger partial charge >= 0.3 is 0 Å². The van der Waals surface area contributed by atoms with Crippen molar-refractivity contribution in [3.63, 3.8) is 0 Å². The minimum Gasteiger partial charge on any atom is -0.314 e. The number of hydrogen-bond donors (Lipinski definition) is 0. The van der Waals surface area contributed by atoms with Gasteiger partial charge in [-0.3, -0.25) is 0 Å². The Morgan fingerprint density at radius 3 is 2.60 bits per heavy atom. The van der Waals surface area contributed by atoms with Crippen molar-refractivity contribution in [2.45, 2.75) is 46.0 Å². The smallest absolute Gasteiger partial charge is 0 e. The number of rotatable bonds is 0. The molecule has 0 N–H and O–H groups in total. The van der Waals surface area contributed by atoms with Crippen LogP contribution in [-0.4, -0.2) is 0 Å². The van der Waals surface area contributed by atoms with E-state index in [1.54, 1.807) is 5.92 Å². The van der Waals surface area contributed by atoms with Gasteiger partial charge in [0.05, 0.1) is 0 Å². The average Bonchev–Trinajstić information content (AvgIpc) is 1.99. The van der Waals surface area contributed by atoms with Crippen LogP contribution in [0.1, 0.15) is 46.0 Å². The summed E-state index contributed by atoms with van der Waals surface area (Å²) in [6, 6.07) is 0. The maximum atomic E-state index is 2.36. The molecule has 1 atom stereocenters. The van der Waals surface area contributed by atoms with Crippen molar-refractivity contribution in [1.29, 1.82) is 0 Å². The second kappa shape index (κ2) is 5.72. The van der Waals surface area contributed by atoms with E-state index in [2.05, 4.69) is 13.8 Å². The molecule has 0 aliphatic heterocycles. The van der Waals surface area contributed by atoms with Crippen LogP contribution in [0, 0.1) is 11.8 Å². The van der Waals surface area contributed by atoms with Crippen molar-refractivity contribution in [2.24, 2.45) is 5.92 Å². The Labute approximate surface area is 90.0 Å². The third kappa shape index (κ3) is 3.48. The summed E-state index contributed by atoms with van der Waals surface area (Å²) < 4.78 is 0. The van der Waals surface area contributed by atoms with Gasteiger partial charge in [0, 0.05) is 32.7 Å². The topological polar surface area (TPSA) is 0 Å². The van der Waals surface area contributed by atoms with E-state index >= 15 is 0 Å². The van der Waals surface area contributed by atoms with Gasteiger partial charge in [0.1, 0.15) is 0 Å². The van der Waals surface area contributed by atoms with Crippen LogP contribution in [0.5, 0.6) is 0 Å². The summed E-state index contributed by atoms with van der Waals surface area (Å²) in [7, 11) is 0. The van der Waals surface area contributed by atoms with Crippen LogP contribution in [0.3, 0.4) is 0 Å². The van der Waals surface area contributed by atoms with Crippen molar-refractivity contribution in [3.8, 4) is 0 Å². The average molecular weight is 214 g/mol. The van der Waals surface area contributed by atoms with Gasteiger partial charge in [0.2, 0.25) is 0 Å². The third-order valence-corrected chi connectivity index (χ3v) is 2.55. The summed E-state index contributed by atoms with van der Waals surface area (Å²) in [6.45, 7) is 4.68. The molecule has 1 fully saturated rings. The van der Waals surface area contributed by atoms with Gasteiger partial charge in [-0.1, -0.05) is 32.6 Å². The zero-order valence-electron chi connectivity index (χ0n) is 7.19. The van der Waals surface area contributed by atoms with E-state index in [1.165, 1.54) is 32.1 Å². The molecule has 0 aromatic heterocycles. The Morgan fingerprint density at radius 1 is 1.20 bits per heavy atom. The molecule has 1 aliphatic carbocycles. The second-order valence-corrected chi connectivity index (χ2v) is 3.35. The van der Waals surface area contributed by atoms with Crippen LogP contribution < -0.4 is 0 Å². The molecule has 1 radical (unpaired) electrons. The van der Waals surface area contributed by atoms with Gasteiger partial charge < -0.3 is 5.92 Å². The first kappa shape index (κ1) is 11.1. The van der Waals surface area contributed by atoms with Crippen molar-refractivity contribution in [1.82, 2.24) is 0 Å². The molecule has 1 aliphatic rings. The molecule has 0 bridgehead atoms. The van der Waals surface area contributed by atoms with Crippen LogP contribution in [-0.2, 0) is 32.7 Å². The Hall–Kier alpha value is 1.10. The predicted octanol–water partition coefficient (Wildman–Crippen LogP) is 3.18. The van der Waals surface area contributed by atoms with Crippen molar-refractivity contribution >= 4 is 0 Å². The van der Waals surface area contributed by atoms with E-state index in [4.69, 9.17) is 0 Å². The van der Waals surface area contributed by atoms with Gasteiger partial charge in [-0.15, -0.1) is 0 Å². The molecule has 0 aromatic carbocycles. The zero-order valence-corrected chi connectivity index (χ0v) is 10.0. The zero-order chi connectivity index (χ0) is 6.69. The molecular formula is C9H17Y-. The summed E-state index contributed by atoms with van der Waals surface area (Å²) in [5.74, 6) is 2.64. The minimum atomic E-state index is 0. The fourth-order valence-electron chi connectivity index (χ4n) is 1.52. The summed E-state index contributed by atoms with van der Waals surface area (Å²) >= 11 is 0. The van der Waals surface area contributed by atoms with Gasteiger partial charge in [0.15, 0.2) is 0 Å². The maximum Gasteiger partial charge on any atom is 0 e. The molecule has 0 amide bonds. The molecule has 1 rings (SSSR count). The summed E-state index contributed by atoms with van der Waals surface area (Å²) in [6.07, 6.45) is 7.18. The molecule has 0 spiro atoms. The second-order valence-electron chi connectivity index (χ2n) is 3.35. The number of hydrogen-bond acceptors (Lipinski definition) is 0. The first-order chi connectivity index (χ1) is 4.30. The normalized spacial score (nSPS) is 28.8. The maximum absolute atomic E-state index is 2.36. The summed E-state index contributed by atoms with van der Waals surface area (Å²) in [5, 5.41) is 0. The molecule has 0 saturated heterocycles. The van der Waals surface area contributed by atoms with E-state index in [9.17, 15) is 0 Å². The van der Waals surface area contributed by atoms with Crippen LogP contribution in [0.25, 0.3) is 0 Å². The first-order valence-electron chi connectivity index (χ1n) is 4.13. The van der Waals surface area contributed by atoms with E-state index < -0.39 is 0 Å². The fraction of sp³-hybridized carbons (Fsp3) is 0.889. The molecule has 1 unspecified atom stereocenters. The van der Waals surface area contributed by atoms with Crippen LogP contribution in [0.15, 0.2) is 0 Å². The Kier molecular flexibility index (Phi) is 6.35. The molecule has 0 nitrogen and oxygen atoms in total. The van der Waals surface area contributed by atoms with Crippen LogP contribution in [0.4, 0.5) is 0 Å². The monoisotopic (exact) mass is 214 g/mol. The SMILES string of the molecule is C[C-]1CCCCCC1C.[Y]. The fourth-order valence-corrected chi connectivity index (χ4v) is 1.52. The quantitative estimate of drug-likeness (QED) is 0.429. The van der Waals surface area contributed by atoms with E-state index in [0.717, 1.165) is 5.92 Å². The van der Waals surface area contributed by atoms with Gasteiger partial charge in [0.25, 0.3) is 0 Å². The van der Waals surface area contributed by atoms with Crippen molar-refractivity contribution in [3.05, 3.63) is 5.92 Å². The molecule has 1 heteroatoms. The van der Waals surface area contributed by atoms with Gasteiger partial charge in [-0.2, -0.15) is 19.3 Å². The Balaban J connectivity index is 0.000000810. The standard InChI is InChI=1S/C9H17.Y/c1-8-6-4-3-5-7-9(8)2;/h8H,3-7H2,1-2H3;/q-1;. The molecular weight excluding hydrogens is 197 g/mol. The van der Waals surface area contributed by atoms with E-state index in [1.807, 2.05) is 0 Å². The summed E-state index contributed by atoms with van der Waals surface area (Å²) in [5.41, 5.74) is 0. The predicted molar refractivity (Wildman–Crippen MR) is 41.2 cm³/mol. The third-order valence-electron chi connectivity index (χ3n) is 2.55. The minimum absolute atomic E-state index is 0. The molecule has 1 saturated carbocycles. The molecule has 57 valence electrons. The Bertz CT molecular complexity index is 70.8. The van der Waals surface area contributed by atoms with Gasteiger partial charge in [-0.25, -0.2) is 0 Å². The van der Waals surface area contributed by atoms with Crippen LogP contribution >= 0.6 is 0 Å². The molecule has 10 heavy (non-hydrogen) atoms. The largest absolute Gasteiger partial charge is 0.314 e. The first-order valence-corrected chi connectivity index (χ1v) is 4.13. The Morgan fingerprint density at radius 2 is 1.90 bits per heavy atom.